The number of methoxy groups -OCH3 is 1. The van der Waals surface area contributed by atoms with Gasteiger partial charge >= 0.3 is 0 Å². The number of carbonyl (C=O) groups is 1. The van der Waals surface area contributed by atoms with E-state index in [4.69, 9.17) is 16.3 Å². The van der Waals surface area contributed by atoms with Gasteiger partial charge < -0.3 is 4.74 Å². The summed E-state index contributed by atoms with van der Waals surface area (Å²) in [5, 5.41) is 3.03. The first-order valence-electron chi connectivity index (χ1n) is 8.04. The van der Waals surface area contributed by atoms with E-state index in [-0.39, 0.29) is 5.91 Å². The van der Waals surface area contributed by atoms with Crippen LogP contribution in [0.25, 0.3) is 10.2 Å². The molecule has 0 fully saturated rings. The molecule has 0 radical (unpaired) electrons. The molecule has 5 nitrogen and oxygen atoms in total. The average molecular weight is 416 g/mol. The van der Waals surface area contributed by atoms with Crippen LogP contribution in [-0.4, -0.2) is 23.0 Å². The second-order valence-electron chi connectivity index (χ2n) is 5.65. The van der Waals surface area contributed by atoms with Gasteiger partial charge in [-0.25, -0.2) is 4.98 Å². The maximum Gasteiger partial charge on any atom is 0.270 e. The van der Waals surface area contributed by atoms with E-state index < -0.39 is 0 Å². The number of aromatic nitrogens is 2. The van der Waals surface area contributed by atoms with Gasteiger partial charge in [0.2, 0.25) is 0 Å². The molecule has 0 saturated carbocycles. The molecule has 0 spiro atoms. The molecule has 0 atom stereocenters. The zero-order valence-corrected chi connectivity index (χ0v) is 16.6. The molecule has 0 aliphatic heterocycles. The third-order valence-electron chi connectivity index (χ3n) is 3.94. The molecule has 27 heavy (non-hydrogen) atoms. The average Bonchev–Trinajstić information content (AvgIpc) is 3.37. The summed E-state index contributed by atoms with van der Waals surface area (Å²) in [6, 6.07) is 11.0. The number of hydrogen-bond donors (Lipinski definition) is 0. The highest BCUT2D eigenvalue weighted by atomic mass is 35.5. The van der Waals surface area contributed by atoms with Gasteiger partial charge in [-0.2, -0.15) is 0 Å². The number of carbonyl (C=O) groups excluding carboxylic acids is 1. The summed E-state index contributed by atoms with van der Waals surface area (Å²) in [6.45, 7) is 0.365. The van der Waals surface area contributed by atoms with Crippen LogP contribution in [0, 0.1) is 0 Å². The van der Waals surface area contributed by atoms with Crippen LogP contribution < -0.4 is 9.64 Å². The number of benzene rings is 1. The summed E-state index contributed by atoms with van der Waals surface area (Å²) in [5.74, 6) is 0.518. The Morgan fingerprint density at radius 3 is 2.85 bits per heavy atom. The Balaban J connectivity index is 1.81. The first-order valence-corrected chi connectivity index (χ1v) is 10.1. The summed E-state index contributed by atoms with van der Waals surface area (Å²) in [6.07, 6.45) is 3.45. The van der Waals surface area contributed by atoms with Crippen molar-refractivity contribution < 1.29 is 9.53 Å². The van der Waals surface area contributed by atoms with Crippen molar-refractivity contribution in [1.29, 1.82) is 0 Å². The van der Waals surface area contributed by atoms with Gasteiger partial charge in [-0.15, -0.1) is 11.3 Å². The highest BCUT2D eigenvalue weighted by Gasteiger charge is 2.24. The van der Waals surface area contributed by atoms with Crippen molar-refractivity contribution in [2.24, 2.45) is 0 Å². The fraction of sp³-hybridized carbons (Fsp3) is 0.105. The van der Waals surface area contributed by atoms with Crippen LogP contribution in [0.5, 0.6) is 5.75 Å². The monoisotopic (exact) mass is 415 g/mol. The molecule has 0 saturated heterocycles. The van der Waals surface area contributed by atoms with Crippen molar-refractivity contribution in [2.45, 2.75) is 6.54 Å². The molecule has 136 valence electrons. The quantitative estimate of drug-likeness (QED) is 0.446. The van der Waals surface area contributed by atoms with Gasteiger partial charge in [0.15, 0.2) is 5.13 Å². The maximum absolute atomic E-state index is 13.1. The highest BCUT2D eigenvalue weighted by molar-refractivity contribution is 7.23. The van der Waals surface area contributed by atoms with Gasteiger partial charge in [-0.05, 0) is 35.2 Å². The minimum absolute atomic E-state index is 0.108. The van der Waals surface area contributed by atoms with Crippen LogP contribution in [0.4, 0.5) is 5.13 Å². The number of halogens is 1. The number of amides is 1. The molecule has 4 aromatic rings. The van der Waals surface area contributed by atoms with Gasteiger partial charge in [0.05, 0.1) is 28.3 Å². The van der Waals surface area contributed by atoms with E-state index in [9.17, 15) is 4.79 Å². The van der Waals surface area contributed by atoms with E-state index in [0.717, 1.165) is 10.3 Å². The molecule has 8 heteroatoms. The van der Waals surface area contributed by atoms with Crippen LogP contribution >= 0.6 is 34.3 Å². The molecule has 0 unspecified atom stereocenters. The first kappa shape index (κ1) is 17.9. The molecule has 1 aromatic carbocycles. The van der Waals surface area contributed by atoms with Crippen molar-refractivity contribution in [2.75, 3.05) is 12.0 Å². The fourth-order valence-corrected chi connectivity index (χ4v) is 4.58. The largest absolute Gasteiger partial charge is 0.494 e. The molecule has 0 aliphatic rings. The lowest BCUT2D eigenvalue weighted by Gasteiger charge is -2.19. The maximum atomic E-state index is 13.1. The van der Waals surface area contributed by atoms with Crippen LogP contribution in [0.3, 0.4) is 0 Å². The van der Waals surface area contributed by atoms with Crippen LogP contribution in [0.2, 0.25) is 5.02 Å². The van der Waals surface area contributed by atoms with Crippen molar-refractivity contribution in [3.63, 3.8) is 0 Å². The number of pyridine rings is 1. The Kier molecular flexibility index (Phi) is 5.07. The van der Waals surface area contributed by atoms with E-state index in [1.165, 1.54) is 22.7 Å². The minimum Gasteiger partial charge on any atom is -0.494 e. The minimum atomic E-state index is -0.108. The highest BCUT2D eigenvalue weighted by Crippen LogP contribution is 2.39. The number of thiophene rings is 1. The molecular weight excluding hydrogens is 402 g/mol. The molecule has 4 rings (SSSR count). The summed E-state index contributed by atoms with van der Waals surface area (Å²) < 4.78 is 6.19. The van der Waals surface area contributed by atoms with Crippen LogP contribution in [0.15, 0.2) is 54.2 Å². The standard InChI is InChI=1S/C19H14ClN3O2S2/c1-25-14-7-6-13(20)17-16(14)22-19(27-17)23(11-12-4-2-8-21-10-12)18(24)15-5-3-9-26-15/h2-10H,11H2,1H3. The SMILES string of the molecule is COc1ccc(Cl)c2sc(N(Cc3cccnc3)C(=O)c3cccs3)nc12. The van der Waals surface area contributed by atoms with E-state index in [1.54, 1.807) is 36.5 Å². The van der Waals surface area contributed by atoms with E-state index in [0.29, 0.717) is 32.8 Å². The van der Waals surface area contributed by atoms with Gasteiger partial charge in [-0.1, -0.05) is 35.1 Å². The van der Waals surface area contributed by atoms with Gasteiger partial charge in [-0.3, -0.25) is 14.7 Å². The Morgan fingerprint density at radius 1 is 1.26 bits per heavy atom. The van der Waals surface area contributed by atoms with Gasteiger partial charge in [0.1, 0.15) is 11.3 Å². The number of anilines is 1. The third kappa shape index (κ3) is 3.53. The summed E-state index contributed by atoms with van der Waals surface area (Å²) in [4.78, 5) is 24.3. The van der Waals surface area contributed by atoms with Crippen LogP contribution in [0.1, 0.15) is 15.2 Å². The lowest BCUT2D eigenvalue weighted by atomic mass is 10.2. The van der Waals surface area contributed by atoms with Crippen molar-refractivity contribution in [3.8, 4) is 5.75 Å². The number of hydrogen-bond acceptors (Lipinski definition) is 6. The number of ether oxygens (including phenoxy) is 1. The fourth-order valence-electron chi connectivity index (χ4n) is 2.66. The molecule has 0 bridgehead atoms. The Morgan fingerprint density at radius 2 is 2.15 bits per heavy atom. The Bertz CT molecular complexity index is 1080. The molecule has 3 heterocycles. The predicted octanol–water partition coefficient (Wildman–Crippen LogP) is 5.26. The van der Waals surface area contributed by atoms with Crippen molar-refractivity contribution in [1.82, 2.24) is 9.97 Å². The molecular formula is C19H14ClN3O2S2. The van der Waals surface area contributed by atoms with E-state index >= 15 is 0 Å². The molecule has 0 aliphatic carbocycles. The topological polar surface area (TPSA) is 55.3 Å². The van der Waals surface area contributed by atoms with Crippen molar-refractivity contribution in [3.05, 3.63) is 69.6 Å². The zero-order valence-electron chi connectivity index (χ0n) is 14.3. The molecule has 0 N–H and O–H groups in total. The third-order valence-corrected chi connectivity index (χ3v) is 6.34. The number of fused-ring (bicyclic) bond motifs is 1. The summed E-state index contributed by atoms with van der Waals surface area (Å²) in [5.41, 5.74) is 1.57. The number of rotatable bonds is 5. The lowest BCUT2D eigenvalue weighted by Crippen LogP contribution is -2.29. The number of nitrogens with zero attached hydrogens (tertiary/aromatic N) is 3. The van der Waals surface area contributed by atoms with Gasteiger partial charge in [0, 0.05) is 12.4 Å². The lowest BCUT2D eigenvalue weighted by molar-refractivity contribution is 0.0989. The second-order valence-corrected chi connectivity index (χ2v) is 7.99. The smallest absolute Gasteiger partial charge is 0.270 e. The predicted molar refractivity (Wildman–Crippen MR) is 110 cm³/mol. The Hall–Kier alpha value is -2.48. The summed E-state index contributed by atoms with van der Waals surface area (Å²) in [7, 11) is 1.59. The summed E-state index contributed by atoms with van der Waals surface area (Å²) >= 11 is 9.12. The van der Waals surface area contributed by atoms with Crippen molar-refractivity contribution >= 4 is 55.5 Å². The van der Waals surface area contributed by atoms with E-state index in [2.05, 4.69) is 9.97 Å². The second kappa shape index (κ2) is 7.64. The van der Waals surface area contributed by atoms with E-state index in [1.807, 2.05) is 29.6 Å². The van der Waals surface area contributed by atoms with Gasteiger partial charge in [0.25, 0.3) is 5.91 Å². The normalized spacial score (nSPS) is 10.9. The number of thiazole rings is 1. The first-order chi connectivity index (χ1) is 13.2. The van der Waals surface area contributed by atoms with Crippen LogP contribution in [-0.2, 0) is 6.54 Å². The zero-order chi connectivity index (χ0) is 18.8. The molecule has 3 aromatic heterocycles. The Labute approximate surface area is 168 Å². The molecule has 1 amide bonds.